The Morgan fingerprint density at radius 1 is 1.00 bits per heavy atom. The molecule has 1 aromatic heterocycles. The fraction of sp³-hybridized carbons (Fsp3) is 0.318. The SMILES string of the molecule is CCOc1ccc(NC(=O)Cc2nnc(SCCOc3ccc(OC)cc3)n2C)cc1. The number of ether oxygens (including phenoxy) is 3. The number of aromatic nitrogens is 3. The predicted octanol–water partition coefficient (Wildman–Crippen LogP) is 3.57. The highest BCUT2D eigenvalue weighted by molar-refractivity contribution is 7.99. The Labute approximate surface area is 185 Å². The fourth-order valence-electron chi connectivity index (χ4n) is 2.74. The van der Waals surface area contributed by atoms with Crippen LogP contribution in [-0.2, 0) is 18.3 Å². The molecule has 0 bridgehead atoms. The Morgan fingerprint density at radius 3 is 2.32 bits per heavy atom. The van der Waals surface area contributed by atoms with Crippen LogP contribution >= 0.6 is 11.8 Å². The molecule has 9 heteroatoms. The highest BCUT2D eigenvalue weighted by Crippen LogP contribution is 2.20. The first-order valence-corrected chi connectivity index (χ1v) is 10.9. The number of carbonyl (C=O) groups is 1. The summed E-state index contributed by atoms with van der Waals surface area (Å²) in [6, 6.07) is 14.7. The Morgan fingerprint density at radius 2 is 1.65 bits per heavy atom. The van der Waals surface area contributed by atoms with Crippen LogP contribution in [0.2, 0.25) is 0 Å². The number of carbonyl (C=O) groups excluding carboxylic acids is 1. The Hall–Kier alpha value is -3.20. The molecule has 0 atom stereocenters. The summed E-state index contributed by atoms with van der Waals surface area (Å²) in [5.41, 5.74) is 0.709. The normalized spacial score (nSPS) is 10.5. The second-order valence-corrected chi connectivity index (χ2v) is 7.57. The molecule has 0 unspecified atom stereocenters. The molecule has 3 rings (SSSR count). The zero-order chi connectivity index (χ0) is 22.1. The third-order valence-corrected chi connectivity index (χ3v) is 5.32. The first-order valence-electron chi connectivity index (χ1n) is 9.89. The third kappa shape index (κ3) is 6.65. The highest BCUT2D eigenvalue weighted by Gasteiger charge is 2.13. The number of hydrogen-bond donors (Lipinski definition) is 1. The third-order valence-electron chi connectivity index (χ3n) is 4.34. The summed E-state index contributed by atoms with van der Waals surface area (Å²) in [7, 11) is 3.48. The van der Waals surface area contributed by atoms with Crippen LogP contribution in [0.4, 0.5) is 5.69 Å². The van der Waals surface area contributed by atoms with Gasteiger partial charge in [-0.15, -0.1) is 10.2 Å². The number of rotatable bonds is 11. The van der Waals surface area contributed by atoms with E-state index in [1.54, 1.807) is 7.11 Å². The van der Waals surface area contributed by atoms with Crippen LogP contribution in [0.5, 0.6) is 17.2 Å². The van der Waals surface area contributed by atoms with E-state index in [4.69, 9.17) is 14.2 Å². The van der Waals surface area contributed by atoms with Gasteiger partial charge in [0.25, 0.3) is 0 Å². The molecule has 0 saturated carbocycles. The maximum atomic E-state index is 12.4. The van der Waals surface area contributed by atoms with Crippen LogP contribution in [0.3, 0.4) is 0 Å². The van der Waals surface area contributed by atoms with E-state index in [2.05, 4.69) is 15.5 Å². The number of thioether (sulfide) groups is 1. The Kier molecular flexibility index (Phi) is 8.17. The van der Waals surface area contributed by atoms with Crippen molar-refractivity contribution in [1.82, 2.24) is 14.8 Å². The molecule has 1 N–H and O–H groups in total. The van der Waals surface area contributed by atoms with Gasteiger partial charge in [0, 0.05) is 18.5 Å². The molecule has 0 fully saturated rings. The largest absolute Gasteiger partial charge is 0.497 e. The molecule has 0 spiro atoms. The first kappa shape index (κ1) is 22.5. The molecule has 1 heterocycles. The maximum Gasteiger partial charge on any atom is 0.232 e. The molecular formula is C22H26N4O4S. The molecule has 0 saturated heterocycles. The van der Waals surface area contributed by atoms with Crippen molar-refractivity contribution in [3.63, 3.8) is 0 Å². The van der Waals surface area contributed by atoms with Gasteiger partial charge in [-0.25, -0.2) is 0 Å². The smallest absolute Gasteiger partial charge is 0.232 e. The summed E-state index contributed by atoms with van der Waals surface area (Å²) >= 11 is 1.53. The van der Waals surface area contributed by atoms with E-state index in [1.807, 2.05) is 67.1 Å². The molecule has 0 radical (unpaired) electrons. The van der Waals surface area contributed by atoms with Crippen molar-refractivity contribution in [3.05, 3.63) is 54.4 Å². The van der Waals surface area contributed by atoms with E-state index in [1.165, 1.54) is 11.8 Å². The fourth-order valence-corrected chi connectivity index (χ4v) is 3.49. The van der Waals surface area contributed by atoms with E-state index in [0.29, 0.717) is 30.5 Å². The van der Waals surface area contributed by atoms with Crippen molar-refractivity contribution >= 4 is 23.4 Å². The summed E-state index contributed by atoms with van der Waals surface area (Å²) in [6.07, 6.45) is 0.139. The minimum absolute atomic E-state index is 0.139. The first-order chi connectivity index (χ1) is 15.1. The van der Waals surface area contributed by atoms with Gasteiger partial charge in [0.1, 0.15) is 23.1 Å². The van der Waals surface area contributed by atoms with E-state index < -0.39 is 0 Å². The molecule has 8 nitrogen and oxygen atoms in total. The molecule has 3 aromatic rings. The van der Waals surface area contributed by atoms with Gasteiger partial charge in [-0.05, 0) is 55.5 Å². The number of nitrogens with one attached hydrogen (secondary N) is 1. The summed E-state index contributed by atoms with van der Waals surface area (Å²) in [5, 5.41) is 11.9. The van der Waals surface area contributed by atoms with Crippen molar-refractivity contribution in [3.8, 4) is 17.2 Å². The summed E-state index contributed by atoms with van der Waals surface area (Å²) in [6.45, 7) is 3.06. The molecular weight excluding hydrogens is 416 g/mol. The molecule has 2 aromatic carbocycles. The molecule has 0 aliphatic rings. The summed E-state index contributed by atoms with van der Waals surface area (Å²) in [5.74, 6) is 3.49. The highest BCUT2D eigenvalue weighted by atomic mass is 32.2. The van der Waals surface area contributed by atoms with Crippen molar-refractivity contribution < 1.29 is 19.0 Å². The topological polar surface area (TPSA) is 87.5 Å². The molecule has 0 aliphatic heterocycles. The number of nitrogens with zero attached hydrogens (tertiary/aromatic N) is 3. The van der Waals surface area contributed by atoms with E-state index >= 15 is 0 Å². The van der Waals surface area contributed by atoms with Gasteiger partial charge in [-0.1, -0.05) is 11.8 Å². The van der Waals surface area contributed by atoms with Gasteiger partial charge in [0.2, 0.25) is 5.91 Å². The van der Waals surface area contributed by atoms with Crippen LogP contribution < -0.4 is 19.5 Å². The van der Waals surface area contributed by atoms with Gasteiger partial charge in [-0.2, -0.15) is 0 Å². The van der Waals surface area contributed by atoms with E-state index in [-0.39, 0.29) is 12.3 Å². The average Bonchev–Trinajstić information content (AvgIpc) is 3.12. The van der Waals surface area contributed by atoms with Crippen LogP contribution in [-0.4, -0.2) is 46.7 Å². The second kappa shape index (κ2) is 11.3. The monoisotopic (exact) mass is 442 g/mol. The predicted molar refractivity (Wildman–Crippen MR) is 120 cm³/mol. The molecule has 1 amide bonds. The van der Waals surface area contributed by atoms with Crippen LogP contribution in [0.25, 0.3) is 0 Å². The Balaban J connectivity index is 1.44. The molecule has 31 heavy (non-hydrogen) atoms. The van der Waals surface area contributed by atoms with Crippen molar-refractivity contribution in [2.24, 2.45) is 7.05 Å². The lowest BCUT2D eigenvalue weighted by molar-refractivity contribution is -0.115. The summed E-state index contributed by atoms with van der Waals surface area (Å²) in [4.78, 5) is 12.4. The van der Waals surface area contributed by atoms with Crippen LogP contribution in [0.15, 0.2) is 53.7 Å². The average molecular weight is 443 g/mol. The standard InChI is InChI=1S/C22H26N4O4S/c1-4-29-18-7-5-16(6-8-18)23-21(27)15-20-24-25-22(26(20)2)31-14-13-30-19-11-9-17(28-3)10-12-19/h5-12H,4,13-15H2,1-3H3,(H,23,27). The molecule has 0 aliphatic carbocycles. The number of methoxy groups -OCH3 is 1. The van der Waals surface area contributed by atoms with Gasteiger partial charge >= 0.3 is 0 Å². The van der Waals surface area contributed by atoms with Crippen molar-refractivity contribution in [1.29, 1.82) is 0 Å². The number of anilines is 1. The minimum Gasteiger partial charge on any atom is -0.497 e. The lowest BCUT2D eigenvalue weighted by Crippen LogP contribution is -2.17. The van der Waals surface area contributed by atoms with Gasteiger partial charge in [0.05, 0.1) is 26.7 Å². The quantitative estimate of drug-likeness (QED) is 0.359. The minimum atomic E-state index is -0.154. The number of benzene rings is 2. The van der Waals surface area contributed by atoms with E-state index in [9.17, 15) is 4.79 Å². The lowest BCUT2D eigenvalue weighted by atomic mass is 10.3. The van der Waals surface area contributed by atoms with Gasteiger partial charge in [-0.3, -0.25) is 4.79 Å². The summed E-state index contributed by atoms with van der Waals surface area (Å²) < 4.78 is 18.1. The lowest BCUT2D eigenvalue weighted by Gasteiger charge is -2.08. The zero-order valence-electron chi connectivity index (χ0n) is 17.8. The number of amides is 1. The van der Waals surface area contributed by atoms with Crippen molar-refractivity contribution in [2.45, 2.75) is 18.5 Å². The number of hydrogen-bond acceptors (Lipinski definition) is 7. The van der Waals surface area contributed by atoms with Crippen molar-refractivity contribution in [2.75, 3.05) is 31.4 Å². The zero-order valence-corrected chi connectivity index (χ0v) is 18.6. The Bertz CT molecular complexity index is 974. The van der Waals surface area contributed by atoms with Gasteiger partial charge in [0.15, 0.2) is 5.16 Å². The van der Waals surface area contributed by atoms with Gasteiger partial charge < -0.3 is 24.1 Å². The van der Waals surface area contributed by atoms with Crippen LogP contribution in [0.1, 0.15) is 12.7 Å². The van der Waals surface area contributed by atoms with Crippen LogP contribution in [0, 0.1) is 0 Å². The second-order valence-electron chi connectivity index (χ2n) is 6.51. The maximum absolute atomic E-state index is 12.4. The molecule has 164 valence electrons. The van der Waals surface area contributed by atoms with E-state index in [0.717, 1.165) is 22.4 Å².